The molecule has 3 rings (SSSR count). The number of hydrogen-bond donors (Lipinski definition) is 1. The Morgan fingerprint density at radius 2 is 1.68 bits per heavy atom. The van der Waals surface area contributed by atoms with E-state index in [1.807, 2.05) is 29.2 Å². The number of carbonyl (C=O) groups is 1. The molecule has 0 bridgehead atoms. The van der Waals surface area contributed by atoms with E-state index in [1.54, 1.807) is 11.0 Å². The topological polar surface area (TPSA) is 35.6 Å². The van der Waals surface area contributed by atoms with Gasteiger partial charge in [-0.2, -0.15) is 0 Å². The number of carbonyl (C=O) groups excluding carboxylic acids is 1. The van der Waals surface area contributed by atoms with Crippen molar-refractivity contribution in [2.24, 2.45) is 0 Å². The molecular formula is C19H21F2N3O. The van der Waals surface area contributed by atoms with Crippen molar-refractivity contribution < 1.29 is 13.6 Å². The number of halogens is 2. The molecule has 1 aliphatic rings. The fourth-order valence-corrected chi connectivity index (χ4v) is 2.88. The monoisotopic (exact) mass is 345 g/mol. The number of amides is 2. The number of urea groups is 1. The van der Waals surface area contributed by atoms with Crippen molar-refractivity contribution in [2.45, 2.75) is 13.3 Å². The first-order valence-electron chi connectivity index (χ1n) is 8.41. The van der Waals surface area contributed by atoms with E-state index in [4.69, 9.17) is 0 Å². The van der Waals surface area contributed by atoms with Crippen molar-refractivity contribution in [2.75, 3.05) is 36.4 Å². The van der Waals surface area contributed by atoms with Crippen molar-refractivity contribution in [1.82, 2.24) is 4.90 Å². The number of hydrogen-bond acceptors (Lipinski definition) is 2. The third-order valence-corrected chi connectivity index (χ3v) is 4.45. The number of aryl methyl sites for hydroxylation is 1. The van der Waals surface area contributed by atoms with Crippen LogP contribution in [0.1, 0.15) is 12.5 Å². The van der Waals surface area contributed by atoms with E-state index in [-0.39, 0.29) is 6.03 Å². The van der Waals surface area contributed by atoms with Gasteiger partial charge in [0.15, 0.2) is 11.6 Å². The fraction of sp³-hybridized carbons (Fsp3) is 0.316. The van der Waals surface area contributed by atoms with Crippen LogP contribution in [0.25, 0.3) is 0 Å². The second kappa shape index (κ2) is 7.51. The maximum absolute atomic E-state index is 13.4. The number of nitrogens with one attached hydrogen (secondary N) is 1. The van der Waals surface area contributed by atoms with Crippen LogP contribution in [-0.4, -0.2) is 37.1 Å². The van der Waals surface area contributed by atoms with E-state index < -0.39 is 11.6 Å². The van der Waals surface area contributed by atoms with Gasteiger partial charge in [-0.25, -0.2) is 13.6 Å². The van der Waals surface area contributed by atoms with Crippen molar-refractivity contribution in [3.8, 4) is 0 Å². The second-order valence-electron chi connectivity index (χ2n) is 6.05. The molecule has 2 aromatic carbocycles. The molecule has 0 aliphatic carbocycles. The van der Waals surface area contributed by atoms with Crippen LogP contribution in [0.4, 0.5) is 25.0 Å². The summed E-state index contributed by atoms with van der Waals surface area (Å²) in [5.74, 6) is -1.70. The highest BCUT2D eigenvalue weighted by Crippen LogP contribution is 2.20. The van der Waals surface area contributed by atoms with E-state index >= 15 is 0 Å². The third-order valence-electron chi connectivity index (χ3n) is 4.45. The van der Waals surface area contributed by atoms with Crippen LogP contribution < -0.4 is 10.2 Å². The molecule has 1 fully saturated rings. The zero-order valence-electron chi connectivity index (χ0n) is 14.1. The third kappa shape index (κ3) is 4.07. The van der Waals surface area contributed by atoms with Crippen molar-refractivity contribution >= 4 is 17.4 Å². The molecule has 0 saturated carbocycles. The summed E-state index contributed by atoms with van der Waals surface area (Å²) in [4.78, 5) is 16.0. The summed E-state index contributed by atoms with van der Waals surface area (Å²) < 4.78 is 26.4. The summed E-state index contributed by atoms with van der Waals surface area (Å²) in [5.41, 5.74) is 2.62. The number of piperazine rings is 1. The first-order valence-corrected chi connectivity index (χ1v) is 8.41. The normalized spacial score (nSPS) is 14.5. The predicted octanol–water partition coefficient (Wildman–Crippen LogP) is 3.88. The van der Waals surface area contributed by atoms with Crippen molar-refractivity contribution in [3.63, 3.8) is 0 Å². The Morgan fingerprint density at radius 3 is 2.28 bits per heavy atom. The quantitative estimate of drug-likeness (QED) is 0.916. The van der Waals surface area contributed by atoms with Crippen LogP contribution in [0.2, 0.25) is 0 Å². The molecule has 0 unspecified atom stereocenters. The summed E-state index contributed by atoms with van der Waals surface area (Å²) in [6.45, 7) is 4.29. The standard InChI is InChI=1S/C19H21F2N3O/c1-2-14-3-5-15(6-4-14)22-19(25)24-11-9-23(10-12-24)16-7-8-17(20)18(21)13-16/h3-8,13H,2,9-12H2,1H3,(H,22,25). The number of rotatable bonds is 3. The van der Waals surface area contributed by atoms with E-state index in [0.29, 0.717) is 31.9 Å². The Balaban J connectivity index is 1.55. The molecule has 2 amide bonds. The zero-order valence-corrected chi connectivity index (χ0v) is 14.1. The van der Waals surface area contributed by atoms with Gasteiger partial charge in [-0.15, -0.1) is 0 Å². The van der Waals surface area contributed by atoms with Crippen LogP contribution in [-0.2, 0) is 6.42 Å². The van der Waals surface area contributed by atoms with Crippen LogP contribution in [0.15, 0.2) is 42.5 Å². The fourth-order valence-electron chi connectivity index (χ4n) is 2.88. The Morgan fingerprint density at radius 1 is 1.00 bits per heavy atom. The van der Waals surface area contributed by atoms with Gasteiger partial charge in [0.1, 0.15) is 0 Å². The Hall–Kier alpha value is -2.63. The minimum absolute atomic E-state index is 0.144. The first kappa shape index (κ1) is 17.2. The molecule has 4 nitrogen and oxygen atoms in total. The smallest absolute Gasteiger partial charge is 0.321 e. The van der Waals surface area contributed by atoms with Gasteiger partial charge in [0.25, 0.3) is 0 Å². The highest BCUT2D eigenvalue weighted by atomic mass is 19.2. The molecule has 1 saturated heterocycles. The molecule has 2 aromatic rings. The van der Waals surface area contributed by atoms with Gasteiger partial charge in [0, 0.05) is 43.6 Å². The van der Waals surface area contributed by atoms with Gasteiger partial charge in [0.2, 0.25) is 0 Å². The molecule has 0 radical (unpaired) electrons. The molecule has 0 aromatic heterocycles. The summed E-state index contributed by atoms with van der Waals surface area (Å²) in [6.07, 6.45) is 0.958. The first-order chi connectivity index (χ1) is 12.1. The zero-order chi connectivity index (χ0) is 17.8. The lowest BCUT2D eigenvalue weighted by Gasteiger charge is -2.36. The summed E-state index contributed by atoms with van der Waals surface area (Å²) in [5, 5.41) is 2.89. The van der Waals surface area contributed by atoms with E-state index in [1.165, 1.54) is 11.6 Å². The molecule has 25 heavy (non-hydrogen) atoms. The minimum Gasteiger partial charge on any atom is -0.368 e. The lowest BCUT2D eigenvalue weighted by Crippen LogP contribution is -2.50. The molecule has 0 atom stereocenters. The molecule has 1 aliphatic heterocycles. The van der Waals surface area contributed by atoms with Gasteiger partial charge in [-0.05, 0) is 36.2 Å². The van der Waals surface area contributed by atoms with Gasteiger partial charge in [-0.1, -0.05) is 19.1 Å². The molecule has 132 valence electrons. The highest BCUT2D eigenvalue weighted by molar-refractivity contribution is 5.89. The predicted molar refractivity (Wildman–Crippen MR) is 95.0 cm³/mol. The molecule has 0 spiro atoms. The molecule has 6 heteroatoms. The number of nitrogens with zero attached hydrogens (tertiary/aromatic N) is 2. The van der Waals surface area contributed by atoms with Crippen LogP contribution in [0.5, 0.6) is 0 Å². The van der Waals surface area contributed by atoms with Crippen LogP contribution in [0.3, 0.4) is 0 Å². The largest absolute Gasteiger partial charge is 0.368 e. The molecular weight excluding hydrogens is 324 g/mol. The van der Waals surface area contributed by atoms with Crippen molar-refractivity contribution in [3.05, 3.63) is 59.7 Å². The van der Waals surface area contributed by atoms with Gasteiger partial charge in [0.05, 0.1) is 0 Å². The van der Waals surface area contributed by atoms with E-state index in [2.05, 4.69) is 12.2 Å². The maximum Gasteiger partial charge on any atom is 0.321 e. The summed E-state index contributed by atoms with van der Waals surface area (Å²) in [6, 6.07) is 11.5. The molecule has 1 N–H and O–H groups in total. The molecule has 1 heterocycles. The Kier molecular flexibility index (Phi) is 5.16. The average Bonchev–Trinajstić information content (AvgIpc) is 2.65. The SMILES string of the molecule is CCc1ccc(NC(=O)N2CCN(c3ccc(F)c(F)c3)CC2)cc1. The van der Waals surface area contributed by atoms with Gasteiger partial charge in [-0.3, -0.25) is 0 Å². The van der Waals surface area contributed by atoms with Crippen LogP contribution >= 0.6 is 0 Å². The summed E-state index contributed by atoms with van der Waals surface area (Å²) >= 11 is 0. The Bertz CT molecular complexity index is 741. The highest BCUT2D eigenvalue weighted by Gasteiger charge is 2.22. The van der Waals surface area contributed by atoms with Gasteiger partial charge >= 0.3 is 6.03 Å². The lowest BCUT2D eigenvalue weighted by atomic mass is 10.1. The minimum atomic E-state index is -0.854. The summed E-state index contributed by atoms with van der Waals surface area (Å²) in [7, 11) is 0. The maximum atomic E-state index is 13.4. The van der Waals surface area contributed by atoms with E-state index in [9.17, 15) is 13.6 Å². The van der Waals surface area contributed by atoms with Crippen LogP contribution in [0, 0.1) is 11.6 Å². The number of benzene rings is 2. The van der Waals surface area contributed by atoms with Crippen molar-refractivity contribution in [1.29, 1.82) is 0 Å². The number of anilines is 2. The lowest BCUT2D eigenvalue weighted by molar-refractivity contribution is 0.208. The average molecular weight is 345 g/mol. The Labute approximate surface area is 146 Å². The van der Waals surface area contributed by atoms with Gasteiger partial charge < -0.3 is 15.1 Å². The van der Waals surface area contributed by atoms with E-state index in [0.717, 1.165) is 18.2 Å². The second-order valence-corrected chi connectivity index (χ2v) is 6.05.